The molecule has 1 atom stereocenters. The van der Waals surface area contributed by atoms with Crippen LogP contribution in [0.2, 0.25) is 0 Å². The van der Waals surface area contributed by atoms with Crippen molar-refractivity contribution in [2.45, 2.75) is 33.1 Å². The van der Waals surface area contributed by atoms with Crippen LogP contribution in [0.3, 0.4) is 0 Å². The number of amides is 1. The van der Waals surface area contributed by atoms with Gasteiger partial charge in [-0.05, 0) is 44.6 Å². The van der Waals surface area contributed by atoms with Crippen molar-refractivity contribution in [3.63, 3.8) is 0 Å². The number of carbonyl (C=O) groups excluding carboxylic acids is 1. The lowest BCUT2D eigenvalue weighted by Gasteiger charge is -2.32. The maximum atomic E-state index is 12.5. The molecule has 0 radical (unpaired) electrons. The van der Waals surface area contributed by atoms with E-state index >= 15 is 0 Å². The molecule has 1 saturated heterocycles. The van der Waals surface area contributed by atoms with Crippen molar-refractivity contribution in [2.24, 2.45) is 5.92 Å². The zero-order valence-electron chi connectivity index (χ0n) is 13.2. The molecular formula is C18H22N2OS. The van der Waals surface area contributed by atoms with Crippen molar-refractivity contribution in [1.82, 2.24) is 9.88 Å². The fourth-order valence-corrected chi connectivity index (χ4v) is 3.68. The zero-order valence-corrected chi connectivity index (χ0v) is 14.0. The van der Waals surface area contributed by atoms with Gasteiger partial charge in [-0.3, -0.25) is 4.79 Å². The number of nitrogens with zero attached hydrogens (tertiary/aromatic N) is 2. The van der Waals surface area contributed by atoms with Crippen molar-refractivity contribution in [1.29, 1.82) is 0 Å². The number of carbonyl (C=O) groups is 1. The molecule has 116 valence electrons. The second kappa shape index (κ2) is 6.61. The molecule has 2 heterocycles. The Morgan fingerprint density at radius 1 is 1.32 bits per heavy atom. The van der Waals surface area contributed by atoms with E-state index in [1.807, 2.05) is 17.2 Å². The Labute approximate surface area is 136 Å². The molecule has 0 N–H and O–H groups in total. The summed E-state index contributed by atoms with van der Waals surface area (Å²) in [5.41, 5.74) is 3.27. The Balaban J connectivity index is 1.63. The van der Waals surface area contributed by atoms with Crippen LogP contribution in [0, 0.1) is 19.8 Å². The van der Waals surface area contributed by atoms with Gasteiger partial charge in [0.2, 0.25) is 0 Å². The molecule has 1 aromatic heterocycles. The normalized spacial score (nSPS) is 18.5. The molecule has 3 nitrogen and oxygen atoms in total. The molecule has 1 aromatic carbocycles. The van der Waals surface area contributed by atoms with Gasteiger partial charge in [0, 0.05) is 18.5 Å². The second-order valence-corrected chi connectivity index (χ2v) is 7.26. The maximum absolute atomic E-state index is 12.5. The van der Waals surface area contributed by atoms with Gasteiger partial charge in [0.05, 0.1) is 5.01 Å². The number of aromatic nitrogens is 1. The van der Waals surface area contributed by atoms with Gasteiger partial charge in [0.15, 0.2) is 0 Å². The van der Waals surface area contributed by atoms with E-state index in [-0.39, 0.29) is 5.91 Å². The minimum absolute atomic E-state index is 0.0953. The molecule has 4 heteroatoms. The quantitative estimate of drug-likeness (QED) is 0.862. The molecule has 1 amide bonds. The molecular weight excluding hydrogens is 292 g/mol. The highest BCUT2D eigenvalue weighted by molar-refractivity contribution is 7.09. The number of rotatable bonds is 3. The van der Waals surface area contributed by atoms with Crippen LogP contribution in [-0.2, 0) is 6.42 Å². The van der Waals surface area contributed by atoms with Crippen LogP contribution in [0.5, 0.6) is 0 Å². The molecule has 0 saturated carbocycles. The average Bonchev–Trinajstić information content (AvgIpc) is 2.96. The summed E-state index contributed by atoms with van der Waals surface area (Å²) >= 11 is 1.54. The summed E-state index contributed by atoms with van der Waals surface area (Å²) < 4.78 is 0. The minimum atomic E-state index is 0.0953. The van der Waals surface area contributed by atoms with Crippen LogP contribution in [0.4, 0.5) is 0 Å². The first-order valence-corrected chi connectivity index (χ1v) is 8.77. The van der Waals surface area contributed by atoms with Gasteiger partial charge in [-0.1, -0.05) is 29.8 Å². The van der Waals surface area contributed by atoms with E-state index in [1.165, 1.54) is 17.5 Å². The average molecular weight is 314 g/mol. The van der Waals surface area contributed by atoms with Crippen molar-refractivity contribution < 1.29 is 4.79 Å². The van der Waals surface area contributed by atoms with Gasteiger partial charge < -0.3 is 4.90 Å². The molecule has 1 aliphatic rings. The van der Waals surface area contributed by atoms with E-state index in [9.17, 15) is 4.79 Å². The lowest BCUT2D eigenvalue weighted by Crippen LogP contribution is -2.40. The first-order chi connectivity index (χ1) is 10.6. The lowest BCUT2D eigenvalue weighted by molar-refractivity contribution is 0.0668. The molecule has 0 aliphatic carbocycles. The van der Waals surface area contributed by atoms with Crippen molar-refractivity contribution in [2.75, 3.05) is 13.1 Å². The third kappa shape index (κ3) is 3.55. The van der Waals surface area contributed by atoms with Crippen LogP contribution in [-0.4, -0.2) is 28.9 Å². The lowest BCUT2D eigenvalue weighted by atomic mass is 9.91. The molecule has 0 spiro atoms. The number of likely N-dealkylation sites (tertiary alicyclic amines) is 1. The number of aryl methyl sites for hydroxylation is 2. The van der Waals surface area contributed by atoms with E-state index in [0.29, 0.717) is 11.6 Å². The number of hydrogen-bond donors (Lipinski definition) is 0. The second-order valence-electron chi connectivity index (χ2n) is 6.20. The summed E-state index contributed by atoms with van der Waals surface area (Å²) in [6.07, 6.45) is 3.35. The predicted molar refractivity (Wildman–Crippen MR) is 90.4 cm³/mol. The van der Waals surface area contributed by atoms with Gasteiger partial charge in [0.25, 0.3) is 5.91 Å². The molecule has 0 unspecified atom stereocenters. The highest BCUT2D eigenvalue weighted by Gasteiger charge is 2.25. The van der Waals surface area contributed by atoms with Crippen LogP contribution in [0.15, 0.2) is 29.6 Å². The van der Waals surface area contributed by atoms with Crippen LogP contribution < -0.4 is 0 Å². The third-order valence-electron chi connectivity index (χ3n) is 4.29. The third-order valence-corrected chi connectivity index (χ3v) is 5.06. The van der Waals surface area contributed by atoms with Gasteiger partial charge in [0.1, 0.15) is 5.69 Å². The Morgan fingerprint density at radius 3 is 2.77 bits per heavy atom. The maximum Gasteiger partial charge on any atom is 0.273 e. The van der Waals surface area contributed by atoms with Crippen molar-refractivity contribution >= 4 is 17.2 Å². The Hall–Kier alpha value is -1.68. The first kappa shape index (κ1) is 15.2. The SMILES string of the molecule is Cc1ccc(C[C@H]2CCCN(C(=O)c3csc(C)n3)C2)cc1. The highest BCUT2D eigenvalue weighted by atomic mass is 32.1. The number of benzene rings is 1. The molecule has 3 rings (SSSR count). The van der Waals surface area contributed by atoms with E-state index in [0.717, 1.165) is 30.9 Å². The summed E-state index contributed by atoms with van der Waals surface area (Å²) in [5, 5.41) is 2.83. The standard InChI is InChI=1S/C18H22N2OS/c1-13-5-7-15(8-6-13)10-16-4-3-9-20(11-16)18(21)17-12-22-14(2)19-17/h5-8,12,16H,3-4,9-11H2,1-2H3/t16-/m1/s1. The van der Waals surface area contributed by atoms with E-state index in [1.54, 1.807) is 11.3 Å². The van der Waals surface area contributed by atoms with Gasteiger partial charge >= 0.3 is 0 Å². The van der Waals surface area contributed by atoms with E-state index < -0.39 is 0 Å². The summed E-state index contributed by atoms with van der Waals surface area (Å²) in [7, 11) is 0. The smallest absolute Gasteiger partial charge is 0.273 e. The van der Waals surface area contributed by atoms with Crippen molar-refractivity contribution in [3.8, 4) is 0 Å². The van der Waals surface area contributed by atoms with Crippen molar-refractivity contribution in [3.05, 3.63) is 51.5 Å². The number of thiazole rings is 1. The Kier molecular flexibility index (Phi) is 4.57. The van der Waals surface area contributed by atoms with Gasteiger partial charge in [-0.25, -0.2) is 4.98 Å². The van der Waals surface area contributed by atoms with Crippen LogP contribution in [0.25, 0.3) is 0 Å². The van der Waals surface area contributed by atoms with Crippen LogP contribution >= 0.6 is 11.3 Å². The highest BCUT2D eigenvalue weighted by Crippen LogP contribution is 2.23. The summed E-state index contributed by atoms with van der Waals surface area (Å²) in [6.45, 7) is 5.77. The summed E-state index contributed by atoms with van der Waals surface area (Å²) in [4.78, 5) is 18.8. The minimum Gasteiger partial charge on any atom is -0.337 e. The monoisotopic (exact) mass is 314 g/mol. The fraction of sp³-hybridized carbons (Fsp3) is 0.444. The summed E-state index contributed by atoms with van der Waals surface area (Å²) in [6, 6.07) is 8.75. The number of piperidine rings is 1. The molecule has 2 aromatic rings. The zero-order chi connectivity index (χ0) is 15.5. The Morgan fingerprint density at radius 2 is 2.09 bits per heavy atom. The fourth-order valence-electron chi connectivity index (χ4n) is 3.10. The number of hydrogen-bond acceptors (Lipinski definition) is 3. The molecule has 1 aliphatic heterocycles. The van der Waals surface area contributed by atoms with Gasteiger partial charge in [-0.2, -0.15) is 0 Å². The molecule has 1 fully saturated rings. The van der Waals surface area contributed by atoms with E-state index in [4.69, 9.17) is 0 Å². The van der Waals surface area contributed by atoms with Crippen LogP contribution in [0.1, 0.15) is 39.5 Å². The largest absolute Gasteiger partial charge is 0.337 e. The molecule has 0 bridgehead atoms. The Bertz CT molecular complexity index is 647. The topological polar surface area (TPSA) is 33.2 Å². The van der Waals surface area contributed by atoms with Gasteiger partial charge in [-0.15, -0.1) is 11.3 Å². The van der Waals surface area contributed by atoms with E-state index in [2.05, 4.69) is 36.2 Å². The molecule has 22 heavy (non-hydrogen) atoms. The summed E-state index contributed by atoms with van der Waals surface area (Å²) in [5.74, 6) is 0.651. The predicted octanol–water partition coefficient (Wildman–Crippen LogP) is 3.85. The first-order valence-electron chi connectivity index (χ1n) is 7.89.